The zero-order valence-corrected chi connectivity index (χ0v) is 7.23. The van der Waals surface area contributed by atoms with Crippen LogP contribution in [0.5, 0.6) is 0 Å². The molecule has 0 saturated carbocycles. The van der Waals surface area contributed by atoms with Crippen molar-refractivity contribution >= 4 is 11.5 Å². The van der Waals surface area contributed by atoms with Crippen LogP contribution in [0.15, 0.2) is 16.2 Å². The summed E-state index contributed by atoms with van der Waals surface area (Å²) < 4.78 is 1.76. The monoisotopic (exact) mass is 157 g/mol. The first-order valence-corrected chi connectivity index (χ1v) is 4.03. The van der Waals surface area contributed by atoms with Crippen LogP contribution >= 0.6 is 11.5 Å². The van der Waals surface area contributed by atoms with Crippen LogP contribution in [-0.2, 0) is 5.54 Å². The van der Waals surface area contributed by atoms with Crippen LogP contribution < -0.4 is 5.56 Å². The minimum absolute atomic E-state index is 0.0642. The molecule has 0 spiro atoms. The maximum Gasteiger partial charge on any atom is 0.261 e. The minimum Gasteiger partial charge on any atom is -0.268 e. The maximum absolute atomic E-state index is 11.0. The number of hydrogen-bond acceptors (Lipinski definition) is 2. The number of hydrogen-bond donors (Lipinski definition) is 0. The van der Waals surface area contributed by atoms with E-state index in [0.29, 0.717) is 0 Å². The van der Waals surface area contributed by atoms with Gasteiger partial charge in [-0.15, -0.1) is 0 Å². The molecule has 3 heteroatoms. The van der Waals surface area contributed by atoms with Gasteiger partial charge in [0, 0.05) is 11.4 Å². The average Bonchev–Trinajstić information content (AvgIpc) is 2.11. The Morgan fingerprint density at radius 3 is 2.30 bits per heavy atom. The summed E-state index contributed by atoms with van der Waals surface area (Å²) in [5.74, 6) is 0. The third-order valence-electron chi connectivity index (χ3n) is 1.19. The van der Waals surface area contributed by atoms with E-state index >= 15 is 0 Å². The lowest BCUT2D eigenvalue weighted by atomic mass is 10.1. The highest BCUT2D eigenvalue weighted by molar-refractivity contribution is 7.04. The van der Waals surface area contributed by atoms with Crippen LogP contribution in [0.1, 0.15) is 20.8 Å². The van der Waals surface area contributed by atoms with Gasteiger partial charge in [0.25, 0.3) is 5.56 Å². The Morgan fingerprint density at radius 1 is 1.50 bits per heavy atom. The van der Waals surface area contributed by atoms with Gasteiger partial charge in [-0.2, -0.15) is 0 Å². The van der Waals surface area contributed by atoms with Gasteiger partial charge in [0.15, 0.2) is 0 Å². The standard InChI is InChI=1S/C7H11NOS/c1-7(2,3)8-6(9)4-5-10-8/h4-5H,1-3H3. The second-order valence-electron chi connectivity index (χ2n) is 3.21. The summed E-state index contributed by atoms with van der Waals surface area (Å²) in [6.45, 7) is 6.06. The molecule has 0 aliphatic carbocycles. The fraction of sp³-hybridized carbons (Fsp3) is 0.571. The zero-order valence-electron chi connectivity index (χ0n) is 6.42. The molecule has 0 N–H and O–H groups in total. The predicted octanol–water partition coefficient (Wildman–Crippen LogP) is 1.66. The van der Waals surface area contributed by atoms with Crippen molar-refractivity contribution in [2.75, 3.05) is 0 Å². The van der Waals surface area contributed by atoms with Crippen molar-refractivity contribution in [1.82, 2.24) is 3.96 Å². The number of rotatable bonds is 0. The second kappa shape index (κ2) is 2.23. The van der Waals surface area contributed by atoms with Crippen molar-refractivity contribution in [1.29, 1.82) is 0 Å². The van der Waals surface area contributed by atoms with E-state index in [9.17, 15) is 4.79 Å². The van der Waals surface area contributed by atoms with E-state index in [0.717, 1.165) is 0 Å². The normalized spacial score (nSPS) is 11.9. The Hall–Kier alpha value is -0.570. The lowest BCUT2D eigenvalue weighted by molar-refractivity contribution is 0.419. The first-order valence-electron chi connectivity index (χ1n) is 3.19. The largest absolute Gasteiger partial charge is 0.268 e. The summed E-state index contributed by atoms with van der Waals surface area (Å²) in [7, 11) is 0. The third-order valence-corrected chi connectivity index (χ3v) is 2.38. The molecular formula is C7H11NOS. The van der Waals surface area contributed by atoms with Crippen LogP contribution in [0.2, 0.25) is 0 Å². The quantitative estimate of drug-likeness (QED) is 0.561. The first-order chi connectivity index (χ1) is 4.52. The number of aromatic nitrogens is 1. The summed E-state index contributed by atoms with van der Waals surface area (Å²) in [6, 6.07) is 1.59. The minimum atomic E-state index is -0.0642. The lowest BCUT2D eigenvalue weighted by Gasteiger charge is -2.17. The van der Waals surface area contributed by atoms with Crippen molar-refractivity contribution in [2.45, 2.75) is 26.3 Å². The molecule has 1 heterocycles. The third kappa shape index (κ3) is 1.29. The summed E-state index contributed by atoms with van der Waals surface area (Å²) in [5.41, 5.74) is 0.0307. The SMILES string of the molecule is CC(C)(C)n1sccc1=O. The molecule has 0 amide bonds. The lowest BCUT2D eigenvalue weighted by Crippen LogP contribution is -2.28. The number of nitrogens with zero attached hydrogens (tertiary/aromatic N) is 1. The Kier molecular flexibility index (Phi) is 1.68. The molecule has 1 rings (SSSR count). The highest BCUT2D eigenvalue weighted by atomic mass is 32.1. The van der Waals surface area contributed by atoms with Crippen molar-refractivity contribution in [2.24, 2.45) is 0 Å². The smallest absolute Gasteiger partial charge is 0.261 e. The van der Waals surface area contributed by atoms with Gasteiger partial charge in [0.05, 0.1) is 5.54 Å². The first kappa shape index (κ1) is 7.54. The molecule has 0 saturated heterocycles. The highest BCUT2D eigenvalue weighted by Crippen LogP contribution is 2.12. The molecule has 2 nitrogen and oxygen atoms in total. The van der Waals surface area contributed by atoms with Crippen LogP contribution in [0, 0.1) is 0 Å². The molecule has 0 radical (unpaired) electrons. The Morgan fingerprint density at radius 2 is 2.10 bits per heavy atom. The molecule has 1 aromatic rings. The van der Waals surface area contributed by atoms with E-state index in [4.69, 9.17) is 0 Å². The summed E-state index contributed by atoms with van der Waals surface area (Å²) in [4.78, 5) is 11.0. The molecule has 0 atom stereocenters. The molecule has 0 aliphatic heterocycles. The van der Waals surface area contributed by atoms with Crippen molar-refractivity contribution in [3.05, 3.63) is 21.8 Å². The predicted molar refractivity (Wildman–Crippen MR) is 43.6 cm³/mol. The average molecular weight is 157 g/mol. The zero-order chi connectivity index (χ0) is 7.78. The molecule has 1 aromatic heterocycles. The van der Waals surface area contributed by atoms with Crippen LogP contribution in [0.3, 0.4) is 0 Å². The van der Waals surface area contributed by atoms with Gasteiger partial charge in [0.2, 0.25) is 0 Å². The van der Waals surface area contributed by atoms with Crippen molar-refractivity contribution in [3.63, 3.8) is 0 Å². The van der Waals surface area contributed by atoms with E-state index in [1.807, 2.05) is 26.2 Å². The van der Waals surface area contributed by atoms with Gasteiger partial charge in [-0.3, -0.25) is 8.75 Å². The van der Waals surface area contributed by atoms with Crippen LogP contribution in [-0.4, -0.2) is 3.96 Å². The van der Waals surface area contributed by atoms with E-state index in [-0.39, 0.29) is 11.1 Å². The topological polar surface area (TPSA) is 22.0 Å². The van der Waals surface area contributed by atoms with E-state index in [2.05, 4.69) is 0 Å². The van der Waals surface area contributed by atoms with Crippen molar-refractivity contribution in [3.8, 4) is 0 Å². The van der Waals surface area contributed by atoms with E-state index in [1.165, 1.54) is 11.5 Å². The van der Waals surface area contributed by atoms with Gasteiger partial charge in [-0.1, -0.05) is 11.5 Å². The van der Waals surface area contributed by atoms with E-state index in [1.54, 1.807) is 10.0 Å². The van der Waals surface area contributed by atoms with Crippen LogP contribution in [0.4, 0.5) is 0 Å². The van der Waals surface area contributed by atoms with Gasteiger partial charge in [0.1, 0.15) is 0 Å². The van der Waals surface area contributed by atoms with E-state index < -0.39 is 0 Å². The van der Waals surface area contributed by atoms with Crippen LogP contribution in [0.25, 0.3) is 0 Å². The molecule has 0 aliphatic rings. The van der Waals surface area contributed by atoms with Gasteiger partial charge >= 0.3 is 0 Å². The highest BCUT2D eigenvalue weighted by Gasteiger charge is 2.14. The molecule has 10 heavy (non-hydrogen) atoms. The molecule has 0 unspecified atom stereocenters. The molecular weight excluding hydrogens is 146 g/mol. The fourth-order valence-corrected chi connectivity index (χ4v) is 1.54. The Labute approximate surface area is 64.3 Å². The summed E-state index contributed by atoms with van der Waals surface area (Å²) in [5, 5.41) is 1.81. The Balaban J connectivity index is 3.18. The van der Waals surface area contributed by atoms with Gasteiger partial charge < -0.3 is 0 Å². The fourth-order valence-electron chi connectivity index (χ4n) is 0.758. The van der Waals surface area contributed by atoms with Gasteiger partial charge in [-0.05, 0) is 20.8 Å². The molecule has 0 fully saturated rings. The maximum atomic E-state index is 11.0. The molecule has 56 valence electrons. The second-order valence-corrected chi connectivity index (χ2v) is 4.06. The summed E-state index contributed by atoms with van der Waals surface area (Å²) in [6.07, 6.45) is 0. The Bertz CT molecular complexity index is 266. The van der Waals surface area contributed by atoms with Gasteiger partial charge in [-0.25, -0.2) is 0 Å². The van der Waals surface area contributed by atoms with Crippen molar-refractivity contribution < 1.29 is 0 Å². The molecule has 0 aromatic carbocycles. The molecule has 0 bridgehead atoms. The summed E-state index contributed by atoms with van der Waals surface area (Å²) >= 11 is 1.46.